The van der Waals surface area contributed by atoms with Gasteiger partial charge < -0.3 is 9.47 Å². The molecule has 0 radical (unpaired) electrons. The van der Waals surface area contributed by atoms with Gasteiger partial charge in [0.1, 0.15) is 17.3 Å². The van der Waals surface area contributed by atoms with E-state index in [0.29, 0.717) is 11.3 Å². The summed E-state index contributed by atoms with van der Waals surface area (Å²) in [5.74, 6) is -1.06. The number of carbonyl (C=O) groups excluding carboxylic acids is 2. The van der Waals surface area contributed by atoms with Gasteiger partial charge in [0.25, 0.3) is 11.8 Å². The third-order valence-electron chi connectivity index (χ3n) is 2.86. The van der Waals surface area contributed by atoms with Crippen molar-refractivity contribution >= 4 is 11.8 Å². The van der Waals surface area contributed by atoms with Gasteiger partial charge in [-0.3, -0.25) is 20.4 Å². The third-order valence-corrected chi connectivity index (χ3v) is 2.86. The standard InChI is InChI=1S/C17H14FN3O4/c18-13-2-1-3-15(8-13)25-11-17(23)21-20-16(22)10-24-14-6-4-12(9-19)5-7-14/h1-8H,10-11H2,(H,20,22)(H,21,23). The Morgan fingerprint density at radius 2 is 1.56 bits per heavy atom. The lowest BCUT2D eigenvalue weighted by Gasteiger charge is -2.09. The fraction of sp³-hybridized carbons (Fsp3) is 0.118. The van der Waals surface area contributed by atoms with Gasteiger partial charge in [-0.05, 0) is 36.4 Å². The minimum Gasteiger partial charge on any atom is -0.484 e. The highest BCUT2D eigenvalue weighted by molar-refractivity contribution is 5.83. The first-order valence-electron chi connectivity index (χ1n) is 7.16. The van der Waals surface area contributed by atoms with Crippen LogP contribution in [0.1, 0.15) is 5.56 Å². The van der Waals surface area contributed by atoms with Crippen LogP contribution < -0.4 is 20.3 Å². The first-order chi connectivity index (χ1) is 12.1. The van der Waals surface area contributed by atoms with Gasteiger partial charge in [0, 0.05) is 6.07 Å². The second-order valence-corrected chi connectivity index (χ2v) is 4.77. The lowest BCUT2D eigenvalue weighted by molar-refractivity contribution is -0.131. The highest BCUT2D eigenvalue weighted by Gasteiger charge is 2.07. The van der Waals surface area contributed by atoms with Gasteiger partial charge in [0.05, 0.1) is 11.6 Å². The van der Waals surface area contributed by atoms with E-state index in [4.69, 9.17) is 14.7 Å². The van der Waals surface area contributed by atoms with E-state index in [1.54, 1.807) is 24.3 Å². The van der Waals surface area contributed by atoms with Crippen LogP contribution in [0.5, 0.6) is 11.5 Å². The average molecular weight is 343 g/mol. The first-order valence-corrected chi connectivity index (χ1v) is 7.16. The van der Waals surface area contributed by atoms with E-state index in [1.807, 2.05) is 6.07 Å². The summed E-state index contributed by atoms with van der Waals surface area (Å²) in [6.07, 6.45) is 0. The summed E-state index contributed by atoms with van der Waals surface area (Å²) in [5.41, 5.74) is 4.77. The molecular formula is C17H14FN3O4. The molecule has 25 heavy (non-hydrogen) atoms. The molecule has 0 saturated carbocycles. The molecule has 0 aliphatic heterocycles. The van der Waals surface area contributed by atoms with Gasteiger partial charge in [-0.1, -0.05) is 6.07 Å². The van der Waals surface area contributed by atoms with Crippen LogP contribution in [0.3, 0.4) is 0 Å². The van der Waals surface area contributed by atoms with Crippen molar-refractivity contribution in [2.45, 2.75) is 0 Å². The molecule has 0 aliphatic carbocycles. The molecule has 0 aromatic heterocycles. The van der Waals surface area contributed by atoms with E-state index in [-0.39, 0.29) is 19.0 Å². The number of hydrogen-bond acceptors (Lipinski definition) is 5. The zero-order chi connectivity index (χ0) is 18.1. The molecule has 0 saturated heterocycles. The van der Waals surface area contributed by atoms with E-state index < -0.39 is 17.6 Å². The topological polar surface area (TPSA) is 100 Å². The number of nitrogens with one attached hydrogen (secondary N) is 2. The lowest BCUT2D eigenvalue weighted by atomic mass is 10.2. The molecule has 0 unspecified atom stereocenters. The Kier molecular flexibility index (Phi) is 6.31. The molecule has 2 amide bonds. The van der Waals surface area contributed by atoms with E-state index in [1.165, 1.54) is 18.2 Å². The fourth-order valence-electron chi connectivity index (χ4n) is 1.69. The molecule has 2 aromatic rings. The van der Waals surface area contributed by atoms with Crippen molar-refractivity contribution in [3.8, 4) is 17.6 Å². The molecule has 0 spiro atoms. The number of halogens is 1. The predicted octanol–water partition coefficient (Wildman–Crippen LogP) is 1.30. The van der Waals surface area contributed by atoms with Crippen LogP contribution in [-0.2, 0) is 9.59 Å². The largest absolute Gasteiger partial charge is 0.484 e. The first kappa shape index (κ1) is 17.7. The zero-order valence-electron chi connectivity index (χ0n) is 13.0. The van der Waals surface area contributed by atoms with Crippen molar-refractivity contribution < 1.29 is 23.5 Å². The molecule has 7 nitrogen and oxygen atoms in total. The van der Waals surface area contributed by atoms with Gasteiger partial charge in [-0.15, -0.1) is 0 Å². The third kappa shape index (κ3) is 6.19. The number of amides is 2. The molecule has 2 N–H and O–H groups in total. The van der Waals surface area contributed by atoms with Gasteiger partial charge >= 0.3 is 0 Å². The minimum absolute atomic E-state index is 0.200. The predicted molar refractivity (Wildman–Crippen MR) is 84.8 cm³/mol. The Bertz CT molecular complexity index is 787. The van der Waals surface area contributed by atoms with Crippen LogP contribution in [0.2, 0.25) is 0 Å². The van der Waals surface area contributed by atoms with Gasteiger partial charge in [-0.25, -0.2) is 4.39 Å². The average Bonchev–Trinajstić information content (AvgIpc) is 2.63. The van der Waals surface area contributed by atoms with E-state index in [9.17, 15) is 14.0 Å². The van der Waals surface area contributed by atoms with Crippen molar-refractivity contribution in [2.75, 3.05) is 13.2 Å². The number of carbonyl (C=O) groups is 2. The zero-order valence-corrected chi connectivity index (χ0v) is 13.0. The number of nitriles is 1. The van der Waals surface area contributed by atoms with Crippen molar-refractivity contribution in [3.63, 3.8) is 0 Å². The number of hydrogen-bond donors (Lipinski definition) is 2. The van der Waals surface area contributed by atoms with Crippen LogP contribution in [0.15, 0.2) is 48.5 Å². The second kappa shape index (κ2) is 8.88. The molecule has 0 atom stereocenters. The smallest absolute Gasteiger partial charge is 0.276 e. The van der Waals surface area contributed by atoms with Gasteiger partial charge in [0.15, 0.2) is 13.2 Å². The lowest BCUT2D eigenvalue weighted by Crippen LogP contribution is -2.45. The Morgan fingerprint density at radius 1 is 0.960 bits per heavy atom. The van der Waals surface area contributed by atoms with Crippen LogP contribution in [0.25, 0.3) is 0 Å². The van der Waals surface area contributed by atoms with Crippen molar-refractivity contribution in [2.24, 2.45) is 0 Å². The van der Waals surface area contributed by atoms with Gasteiger partial charge in [0.2, 0.25) is 0 Å². The Balaban J connectivity index is 1.66. The number of ether oxygens (including phenoxy) is 2. The number of nitrogens with zero attached hydrogens (tertiary/aromatic N) is 1. The van der Waals surface area contributed by atoms with Gasteiger partial charge in [-0.2, -0.15) is 5.26 Å². The summed E-state index contributed by atoms with van der Waals surface area (Å²) >= 11 is 0. The van der Waals surface area contributed by atoms with E-state index >= 15 is 0 Å². The SMILES string of the molecule is N#Cc1ccc(OCC(=O)NNC(=O)COc2cccc(F)c2)cc1. The number of hydrazine groups is 1. The molecular weight excluding hydrogens is 329 g/mol. The van der Waals surface area contributed by atoms with E-state index in [2.05, 4.69) is 10.9 Å². The Morgan fingerprint density at radius 3 is 2.12 bits per heavy atom. The van der Waals surface area contributed by atoms with E-state index in [0.717, 1.165) is 6.07 Å². The Hall–Kier alpha value is -3.60. The maximum Gasteiger partial charge on any atom is 0.276 e. The summed E-state index contributed by atoms with van der Waals surface area (Å²) < 4.78 is 23.2. The molecule has 0 heterocycles. The number of rotatable bonds is 6. The maximum absolute atomic E-state index is 12.9. The highest BCUT2D eigenvalue weighted by atomic mass is 19.1. The normalized spacial score (nSPS) is 9.60. The van der Waals surface area contributed by atoms with Crippen molar-refractivity contribution in [1.82, 2.24) is 10.9 Å². The summed E-state index contributed by atoms with van der Waals surface area (Å²) in [4.78, 5) is 23.1. The molecule has 8 heteroatoms. The summed E-state index contributed by atoms with van der Waals surface area (Å²) in [6.45, 7) is -0.711. The summed E-state index contributed by atoms with van der Waals surface area (Å²) in [5, 5.41) is 8.67. The monoisotopic (exact) mass is 343 g/mol. The quantitative estimate of drug-likeness (QED) is 0.770. The van der Waals surface area contributed by atoms with Crippen molar-refractivity contribution in [1.29, 1.82) is 5.26 Å². The van der Waals surface area contributed by atoms with Crippen LogP contribution >= 0.6 is 0 Å². The summed E-state index contributed by atoms with van der Waals surface area (Å²) in [6, 6.07) is 13.5. The summed E-state index contributed by atoms with van der Waals surface area (Å²) in [7, 11) is 0. The second-order valence-electron chi connectivity index (χ2n) is 4.77. The minimum atomic E-state index is -0.615. The highest BCUT2D eigenvalue weighted by Crippen LogP contribution is 2.12. The molecule has 0 fully saturated rings. The molecule has 2 rings (SSSR count). The van der Waals surface area contributed by atoms with Crippen LogP contribution in [0.4, 0.5) is 4.39 Å². The molecule has 0 aliphatic rings. The van der Waals surface area contributed by atoms with Crippen molar-refractivity contribution in [3.05, 3.63) is 59.9 Å². The molecule has 128 valence electrons. The van der Waals surface area contributed by atoms with Crippen LogP contribution in [-0.4, -0.2) is 25.0 Å². The molecule has 0 bridgehead atoms. The molecule has 2 aromatic carbocycles. The fourth-order valence-corrected chi connectivity index (χ4v) is 1.69. The Labute approximate surface area is 142 Å². The van der Waals surface area contributed by atoms with Crippen LogP contribution in [0, 0.1) is 17.1 Å². The number of benzene rings is 2. The maximum atomic E-state index is 12.9.